The Bertz CT molecular complexity index is 1900. The van der Waals surface area contributed by atoms with Crippen LogP contribution in [0.25, 0.3) is 0 Å². The molecule has 272 valence electrons. The van der Waals surface area contributed by atoms with E-state index in [1.165, 1.54) is 10.6 Å². The van der Waals surface area contributed by atoms with Crippen LogP contribution in [0.5, 0.6) is 11.5 Å². The summed E-state index contributed by atoms with van der Waals surface area (Å²) in [7, 11) is 0. The summed E-state index contributed by atoms with van der Waals surface area (Å²) in [5.74, 6) is 0.271. The van der Waals surface area contributed by atoms with Crippen LogP contribution in [0.4, 0.5) is 0 Å². The SMILES string of the molecule is CC1(C)C(C(=O)OC(C#N)c2cccc(Oc3ccccc3)c2)C1(C)C.CCc1ccc(C(=O)NN(C(=O)c2cc(C)cc(C)c2)C(C)(C)C)cc1. The number of aryl methyl sites for hydroxylation is 3. The minimum atomic E-state index is -0.950. The summed E-state index contributed by atoms with van der Waals surface area (Å²) in [6, 6.07) is 31.7. The van der Waals surface area contributed by atoms with E-state index in [4.69, 9.17) is 9.47 Å². The van der Waals surface area contributed by atoms with Gasteiger partial charge in [0.1, 0.15) is 17.6 Å². The molecule has 1 saturated carbocycles. The minimum Gasteiger partial charge on any atom is -0.457 e. The summed E-state index contributed by atoms with van der Waals surface area (Å²) < 4.78 is 11.3. The van der Waals surface area contributed by atoms with Gasteiger partial charge in [-0.1, -0.05) is 94.3 Å². The Morgan fingerprint density at radius 1 is 0.808 bits per heavy atom. The first kappa shape index (κ1) is 39.4. The number of carbonyl (C=O) groups excluding carboxylic acids is 3. The van der Waals surface area contributed by atoms with Crippen LogP contribution in [-0.2, 0) is 16.0 Å². The maximum Gasteiger partial charge on any atom is 0.311 e. The van der Waals surface area contributed by atoms with Crippen molar-refractivity contribution in [3.05, 3.63) is 130 Å². The van der Waals surface area contributed by atoms with E-state index in [-0.39, 0.29) is 34.5 Å². The highest BCUT2D eigenvalue weighted by Gasteiger charge is 2.69. The van der Waals surface area contributed by atoms with Crippen molar-refractivity contribution in [2.75, 3.05) is 0 Å². The molecule has 1 aliphatic carbocycles. The molecular formula is C44H51N3O5. The van der Waals surface area contributed by atoms with Crippen LogP contribution in [0.15, 0.2) is 97.1 Å². The van der Waals surface area contributed by atoms with Gasteiger partial charge in [-0.25, -0.2) is 5.01 Å². The molecular weight excluding hydrogens is 650 g/mol. The van der Waals surface area contributed by atoms with Crippen LogP contribution >= 0.6 is 0 Å². The van der Waals surface area contributed by atoms with Crippen molar-refractivity contribution < 1.29 is 23.9 Å². The standard InChI is InChI=1S/C22H28N2O2.C22H23NO3/c1-7-17-8-10-18(11-9-17)20(25)23-24(22(4,5)6)21(26)19-13-15(2)12-16(3)14-19;1-21(2)19(22(21,3)4)20(24)26-18(14-23)15-9-8-12-17(13-15)25-16-10-6-5-7-11-16/h8-14H,7H2,1-6H3,(H,23,25);5-13,18-19H,1-4H3. The number of benzene rings is 4. The van der Waals surface area contributed by atoms with Crippen molar-refractivity contribution in [2.45, 2.75) is 87.3 Å². The molecule has 1 fully saturated rings. The molecule has 2 amide bonds. The maximum absolute atomic E-state index is 13.1. The number of esters is 1. The Balaban J connectivity index is 0.000000233. The summed E-state index contributed by atoms with van der Waals surface area (Å²) in [4.78, 5) is 38.3. The fourth-order valence-electron chi connectivity index (χ4n) is 6.31. The molecule has 8 nitrogen and oxygen atoms in total. The minimum absolute atomic E-state index is 0.123. The summed E-state index contributed by atoms with van der Waals surface area (Å²) in [6.45, 7) is 19.9. The lowest BCUT2D eigenvalue weighted by molar-refractivity contribution is -0.150. The second-order valence-corrected chi connectivity index (χ2v) is 15.5. The molecule has 52 heavy (non-hydrogen) atoms. The second kappa shape index (κ2) is 15.9. The fourth-order valence-corrected chi connectivity index (χ4v) is 6.31. The molecule has 4 aromatic rings. The van der Waals surface area contributed by atoms with E-state index in [1.807, 2.05) is 95.3 Å². The number of carbonyl (C=O) groups is 3. The largest absolute Gasteiger partial charge is 0.457 e. The first-order valence-electron chi connectivity index (χ1n) is 17.6. The van der Waals surface area contributed by atoms with Gasteiger partial charge in [-0.05, 0) is 106 Å². The van der Waals surface area contributed by atoms with Gasteiger partial charge in [0, 0.05) is 16.7 Å². The number of para-hydroxylation sites is 1. The third-order valence-corrected chi connectivity index (χ3v) is 9.93. The lowest BCUT2D eigenvalue weighted by Gasteiger charge is -2.35. The van der Waals surface area contributed by atoms with E-state index < -0.39 is 11.6 Å². The van der Waals surface area contributed by atoms with E-state index in [0.29, 0.717) is 28.2 Å². The molecule has 0 aromatic heterocycles. The zero-order valence-electron chi connectivity index (χ0n) is 32.0. The van der Waals surface area contributed by atoms with Gasteiger partial charge in [-0.3, -0.25) is 19.8 Å². The van der Waals surface area contributed by atoms with Crippen molar-refractivity contribution in [3.63, 3.8) is 0 Å². The van der Waals surface area contributed by atoms with Gasteiger partial charge in [0.05, 0.1) is 11.5 Å². The Hall–Kier alpha value is -5.42. The summed E-state index contributed by atoms with van der Waals surface area (Å²) in [5, 5.41) is 10.9. The maximum atomic E-state index is 13.1. The molecule has 0 spiro atoms. The second-order valence-electron chi connectivity index (χ2n) is 15.5. The molecule has 0 radical (unpaired) electrons. The number of hydrogen-bond donors (Lipinski definition) is 1. The zero-order valence-corrected chi connectivity index (χ0v) is 32.0. The number of amides is 2. The van der Waals surface area contributed by atoms with Crippen molar-refractivity contribution >= 4 is 17.8 Å². The zero-order chi connectivity index (χ0) is 38.4. The highest BCUT2D eigenvalue weighted by Crippen LogP contribution is 2.68. The first-order valence-corrected chi connectivity index (χ1v) is 17.6. The third kappa shape index (κ3) is 9.27. The third-order valence-electron chi connectivity index (χ3n) is 9.93. The van der Waals surface area contributed by atoms with Crippen molar-refractivity contribution in [1.82, 2.24) is 10.4 Å². The van der Waals surface area contributed by atoms with Crippen LogP contribution < -0.4 is 10.2 Å². The highest BCUT2D eigenvalue weighted by molar-refractivity contribution is 5.99. The normalized spacial score (nSPS) is 14.8. The van der Waals surface area contributed by atoms with E-state index in [0.717, 1.165) is 17.5 Å². The Labute approximate surface area is 308 Å². The molecule has 0 heterocycles. The first-order chi connectivity index (χ1) is 24.4. The van der Waals surface area contributed by atoms with Crippen LogP contribution in [0, 0.1) is 41.9 Å². The molecule has 1 atom stereocenters. The topological polar surface area (TPSA) is 109 Å². The predicted molar refractivity (Wildman–Crippen MR) is 204 cm³/mol. The van der Waals surface area contributed by atoms with Gasteiger partial charge in [0.15, 0.2) is 0 Å². The van der Waals surface area contributed by atoms with Gasteiger partial charge < -0.3 is 9.47 Å². The van der Waals surface area contributed by atoms with Gasteiger partial charge in [-0.2, -0.15) is 5.26 Å². The number of hydrazine groups is 1. The molecule has 5 rings (SSSR count). The molecule has 0 bridgehead atoms. The summed E-state index contributed by atoms with van der Waals surface area (Å²) in [6.07, 6.45) is -0.0321. The lowest BCUT2D eigenvalue weighted by atomic mass is 10.0. The molecule has 0 saturated heterocycles. The predicted octanol–water partition coefficient (Wildman–Crippen LogP) is 9.72. The van der Waals surface area contributed by atoms with Gasteiger partial charge in [-0.15, -0.1) is 0 Å². The van der Waals surface area contributed by atoms with Crippen LogP contribution in [0.1, 0.15) is 104 Å². The quantitative estimate of drug-likeness (QED) is 0.145. The summed E-state index contributed by atoms with van der Waals surface area (Å²) >= 11 is 0. The summed E-state index contributed by atoms with van der Waals surface area (Å²) in [5.41, 5.74) is 6.89. The lowest BCUT2D eigenvalue weighted by Crippen LogP contribution is -2.55. The van der Waals surface area contributed by atoms with Crippen LogP contribution in [0.2, 0.25) is 0 Å². The van der Waals surface area contributed by atoms with Crippen molar-refractivity contribution in [1.29, 1.82) is 5.26 Å². The number of nitrogens with one attached hydrogen (secondary N) is 1. The fraction of sp³-hybridized carbons (Fsp3) is 0.364. The van der Waals surface area contributed by atoms with Gasteiger partial charge >= 0.3 is 5.97 Å². The molecule has 1 unspecified atom stereocenters. The number of nitriles is 1. The number of rotatable bonds is 8. The number of hydrogen-bond acceptors (Lipinski definition) is 6. The molecule has 1 aliphatic rings. The van der Waals surface area contributed by atoms with E-state index >= 15 is 0 Å². The molecule has 4 aromatic carbocycles. The van der Waals surface area contributed by atoms with E-state index in [9.17, 15) is 19.6 Å². The Kier molecular flexibility index (Phi) is 12.0. The average Bonchev–Trinajstić information content (AvgIpc) is 3.52. The van der Waals surface area contributed by atoms with Gasteiger partial charge in [0.2, 0.25) is 6.10 Å². The van der Waals surface area contributed by atoms with E-state index in [2.05, 4.69) is 46.1 Å². The smallest absolute Gasteiger partial charge is 0.311 e. The molecule has 0 aliphatic heterocycles. The Morgan fingerprint density at radius 3 is 1.90 bits per heavy atom. The molecule has 8 heteroatoms. The van der Waals surface area contributed by atoms with Crippen LogP contribution in [0.3, 0.4) is 0 Å². The number of nitrogens with zero attached hydrogens (tertiary/aromatic N) is 2. The average molecular weight is 702 g/mol. The molecule has 1 N–H and O–H groups in total. The van der Waals surface area contributed by atoms with Gasteiger partial charge in [0.25, 0.3) is 11.8 Å². The van der Waals surface area contributed by atoms with E-state index in [1.54, 1.807) is 36.4 Å². The van der Waals surface area contributed by atoms with Crippen LogP contribution in [-0.4, -0.2) is 28.3 Å². The van der Waals surface area contributed by atoms with Crippen molar-refractivity contribution in [2.24, 2.45) is 16.7 Å². The number of ether oxygens (including phenoxy) is 2. The Morgan fingerprint density at radius 2 is 1.38 bits per heavy atom. The highest BCUT2D eigenvalue weighted by atomic mass is 16.5. The monoisotopic (exact) mass is 701 g/mol. The van der Waals surface area contributed by atoms with Crippen molar-refractivity contribution in [3.8, 4) is 17.6 Å².